The highest BCUT2D eigenvalue weighted by atomic mass is 32.2. The lowest BCUT2D eigenvalue weighted by Crippen LogP contribution is -2.34. The third kappa shape index (κ3) is 4.72. The van der Waals surface area contributed by atoms with Crippen LogP contribution >= 0.6 is 11.8 Å². The summed E-state index contributed by atoms with van der Waals surface area (Å²) >= 11 is 1.50. The first-order chi connectivity index (χ1) is 10.9. The van der Waals surface area contributed by atoms with E-state index in [0.717, 1.165) is 5.56 Å². The molecule has 1 aliphatic rings. The van der Waals surface area contributed by atoms with Crippen molar-refractivity contribution >= 4 is 35.2 Å². The number of nitrogens with zero attached hydrogens (tertiary/aromatic N) is 1. The Morgan fingerprint density at radius 2 is 2.09 bits per heavy atom. The Bertz CT molecular complexity index is 631. The van der Waals surface area contributed by atoms with Gasteiger partial charge in [0, 0.05) is 17.3 Å². The number of nitrogens with one attached hydrogen (secondary N) is 2. The monoisotopic (exact) mass is 335 g/mol. The lowest BCUT2D eigenvalue weighted by atomic mass is 10.1. The maximum Gasteiger partial charge on any atom is 0.251 e. The van der Waals surface area contributed by atoms with Crippen molar-refractivity contribution in [2.45, 2.75) is 26.8 Å². The highest BCUT2D eigenvalue weighted by Crippen LogP contribution is 2.17. The van der Waals surface area contributed by atoms with E-state index >= 15 is 0 Å². The first kappa shape index (κ1) is 17.3. The Labute approximate surface area is 140 Å². The van der Waals surface area contributed by atoms with Crippen molar-refractivity contribution in [1.82, 2.24) is 10.2 Å². The van der Waals surface area contributed by atoms with Crippen LogP contribution in [-0.2, 0) is 9.59 Å². The third-order valence-electron chi connectivity index (χ3n) is 3.33. The van der Waals surface area contributed by atoms with Gasteiger partial charge in [0.25, 0.3) is 5.91 Å². The number of benzene rings is 1. The van der Waals surface area contributed by atoms with Gasteiger partial charge in [0.2, 0.25) is 11.8 Å². The highest BCUT2D eigenvalue weighted by molar-refractivity contribution is 8.00. The lowest BCUT2D eigenvalue weighted by molar-refractivity contribution is -0.130. The first-order valence-corrected chi connectivity index (χ1v) is 8.59. The van der Waals surface area contributed by atoms with Gasteiger partial charge in [-0.2, -0.15) is 0 Å². The molecule has 0 unspecified atom stereocenters. The van der Waals surface area contributed by atoms with Gasteiger partial charge in [-0.3, -0.25) is 14.4 Å². The molecule has 1 aromatic rings. The zero-order valence-corrected chi connectivity index (χ0v) is 14.3. The topological polar surface area (TPSA) is 78.5 Å². The highest BCUT2D eigenvalue weighted by Gasteiger charge is 2.23. The molecule has 23 heavy (non-hydrogen) atoms. The summed E-state index contributed by atoms with van der Waals surface area (Å²) in [5.41, 5.74) is 1.99. The summed E-state index contributed by atoms with van der Waals surface area (Å²) in [7, 11) is 0. The average molecular weight is 335 g/mol. The van der Waals surface area contributed by atoms with Gasteiger partial charge in [-0.15, -0.1) is 11.8 Å². The van der Waals surface area contributed by atoms with Gasteiger partial charge in [0.15, 0.2) is 0 Å². The lowest BCUT2D eigenvalue weighted by Gasteiger charge is -2.15. The fraction of sp³-hybridized carbons (Fsp3) is 0.438. The standard InChI is InChI=1S/C16H21N3O3S/c1-10(2)17-16(22)13-5-4-12(6-11(13)3)18-14(20)7-19-9-23-8-15(19)21/h4-6,10H,7-9H2,1-3H3,(H,17,22)(H,18,20). The summed E-state index contributed by atoms with van der Waals surface area (Å²) in [6.07, 6.45) is 0. The molecule has 3 amide bonds. The number of carbonyl (C=O) groups excluding carboxylic acids is 3. The summed E-state index contributed by atoms with van der Waals surface area (Å²) in [4.78, 5) is 37.1. The van der Waals surface area contributed by atoms with Crippen molar-refractivity contribution in [3.8, 4) is 0 Å². The summed E-state index contributed by atoms with van der Waals surface area (Å²) < 4.78 is 0. The molecule has 6 nitrogen and oxygen atoms in total. The van der Waals surface area contributed by atoms with Crippen LogP contribution in [0.15, 0.2) is 18.2 Å². The Morgan fingerprint density at radius 3 is 2.65 bits per heavy atom. The van der Waals surface area contributed by atoms with Crippen LogP contribution in [0.5, 0.6) is 0 Å². The molecule has 0 spiro atoms. The van der Waals surface area contributed by atoms with Gasteiger partial charge < -0.3 is 15.5 Å². The molecule has 1 heterocycles. The zero-order valence-electron chi connectivity index (χ0n) is 13.5. The average Bonchev–Trinajstić information content (AvgIpc) is 2.83. The minimum absolute atomic E-state index is 0.0120. The summed E-state index contributed by atoms with van der Waals surface area (Å²) in [6.45, 7) is 5.69. The van der Waals surface area contributed by atoms with Gasteiger partial charge in [0.05, 0.1) is 11.6 Å². The van der Waals surface area contributed by atoms with Crippen molar-refractivity contribution in [3.63, 3.8) is 0 Å². The second kappa shape index (κ2) is 7.50. The van der Waals surface area contributed by atoms with E-state index < -0.39 is 0 Å². The van der Waals surface area contributed by atoms with Crippen molar-refractivity contribution in [1.29, 1.82) is 0 Å². The number of aryl methyl sites for hydroxylation is 1. The summed E-state index contributed by atoms with van der Waals surface area (Å²) in [6, 6.07) is 5.21. The largest absolute Gasteiger partial charge is 0.350 e. The fourth-order valence-corrected chi connectivity index (χ4v) is 3.15. The number of hydrogen-bond donors (Lipinski definition) is 2. The molecule has 1 saturated heterocycles. The maximum atomic E-state index is 12.0. The number of amides is 3. The van der Waals surface area contributed by atoms with Gasteiger partial charge in [-0.25, -0.2) is 0 Å². The SMILES string of the molecule is Cc1cc(NC(=O)CN2CSCC2=O)ccc1C(=O)NC(C)C. The number of anilines is 1. The van der Waals surface area contributed by atoms with E-state index in [-0.39, 0.29) is 30.3 Å². The van der Waals surface area contributed by atoms with Crippen LogP contribution in [0.25, 0.3) is 0 Å². The number of thioether (sulfide) groups is 1. The van der Waals surface area contributed by atoms with Gasteiger partial charge >= 0.3 is 0 Å². The van der Waals surface area contributed by atoms with Crippen LogP contribution in [0.2, 0.25) is 0 Å². The molecule has 0 bridgehead atoms. The van der Waals surface area contributed by atoms with E-state index in [1.54, 1.807) is 18.2 Å². The van der Waals surface area contributed by atoms with E-state index in [1.807, 2.05) is 20.8 Å². The molecule has 0 aromatic heterocycles. The summed E-state index contributed by atoms with van der Waals surface area (Å²) in [5.74, 6) is 0.614. The second-order valence-corrected chi connectivity index (χ2v) is 6.73. The first-order valence-electron chi connectivity index (χ1n) is 7.43. The van der Waals surface area contributed by atoms with Crippen LogP contribution in [0.3, 0.4) is 0 Å². The third-order valence-corrected chi connectivity index (χ3v) is 4.28. The van der Waals surface area contributed by atoms with E-state index in [0.29, 0.717) is 22.9 Å². The molecule has 124 valence electrons. The van der Waals surface area contributed by atoms with Crippen molar-refractivity contribution in [3.05, 3.63) is 29.3 Å². The molecular weight excluding hydrogens is 314 g/mol. The van der Waals surface area contributed by atoms with E-state index in [1.165, 1.54) is 16.7 Å². The molecule has 2 rings (SSSR count). The molecule has 1 aliphatic heterocycles. The van der Waals surface area contributed by atoms with Crippen LogP contribution in [0, 0.1) is 6.92 Å². The summed E-state index contributed by atoms with van der Waals surface area (Å²) in [5, 5.41) is 5.60. The normalized spacial score (nSPS) is 14.3. The van der Waals surface area contributed by atoms with Crippen LogP contribution in [-0.4, -0.2) is 46.8 Å². The molecule has 0 atom stereocenters. The van der Waals surface area contributed by atoms with Gasteiger partial charge in [0.1, 0.15) is 6.54 Å². The van der Waals surface area contributed by atoms with E-state index in [2.05, 4.69) is 10.6 Å². The smallest absolute Gasteiger partial charge is 0.251 e. The molecule has 7 heteroatoms. The quantitative estimate of drug-likeness (QED) is 0.857. The van der Waals surface area contributed by atoms with Gasteiger partial charge in [-0.1, -0.05) is 0 Å². The predicted molar refractivity (Wildman–Crippen MR) is 91.4 cm³/mol. The minimum atomic E-state index is -0.236. The molecule has 0 aliphatic carbocycles. The van der Waals surface area contributed by atoms with E-state index in [4.69, 9.17) is 0 Å². The Kier molecular flexibility index (Phi) is 5.65. The molecule has 1 fully saturated rings. The minimum Gasteiger partial charge on any atom is -0.350 e. The Balaban J connectivity index is 1.98. The Morgan fingerprint density at radius 1 is 1.35 bits per heavy atom. The van der Waals surface area contributed by atoms with Gasteiger partial charge in [-0.05, 0) is 44.5 Å². The van der Waals surface area contributed by atoms with Crippen LogP contribution in [0.4, 0.5) is 5.69 Å². The van der Waals surface area contributed by atoms with Crippen molar-refractivity contribution < 1.29 is 14.4 Å². The van der Waals surface area contributed by atoms with Crippen LogP contribution < -0.4 is 10.6 Å². The molecular formula is C16H21N3O3S. The second-order valence-electron chi connectivity index (χ2n) is 5.78. The molecule has 0 radical (unpaired) electrons. The van der Waals surface area contributed by atoms with Crippen LogP contribution in [0.1, 0.15) is 29.8 Å². The molecule has 0 saturated carbocycles. The molecule has 1 aromatic carbocycles. The zero-order chi connectivity index (χ0) is 17.0. The predicted octanol–water partition coefficient (Wildman–Crippen LogP) is 1.60. The molecule has 2 N–H and O–H groups in total. The number of carbonyl (C=O) groups is 3. The van der Waals surface area contributed by atoms with E-state index in [9.17, 15) is 14.4 Å². The number of hydrogen-bond acceptors (Lipinski definition) is 4. The number of rotatable bonds is 5. The van der Waals surface area contributed by atoms with Crippen molar-refractivity contribution in [2.75, 3.05) is 23.5 Å². The van der Waals surface area contributed by atoms with Crippen molar-refractivity contribution in [2.24, 2.45) is 0 Å². The Hall–Kier alpha value is -2.02. The fourth-order valence-electron chi connectivity index (χ4n) is 2.25. The maximum absolute atomic E-state index is 12.0.